The Morgan fingerprint density at radius 1 is 1.69 bits per heavy atom. The standard InChI is InChI=1S/C10H18O3/c1-3-4-8(2)5-10-12-7-9(6-11)13-10/h3,8-11H,1,4-7H2,2H3. The van der Waals surface area contributed by atoms with Gasteiger partial charge in [-0.3, -0.25) is 0 Å². The first kappa shape index (κ1) is 10.7. The quantitative estimate of drug-likeness (QED) is 0.658. The molecule has 1 N–H and O–H groups in total. The second-order valence-electron chi connectivity index (χ2n) is 3.57. The monoisotopic (exact) mass is 186 g/mol. The Hall–Kier alpha value is -0.380. The lowest BCUT2D eigenvalue weighted by atomic mass is 10.0. The molecule has 13 heavy (non-hydrogen) atoms. The molecule has 3 heteroatoms. The first-order chi connectivity index (χ1) is 6.26. The first-order valence-electron chi connectivity index (χ1n) is 4.75. The summed E-state index contributed by atoms with van der Waals surface area (Å²) in [5, 5.41) is 8.80. The summed E-state index contributed by atoms with van der Waals surface area (Å²) in [6.07, 6.45) is 3.51. The maximum Gasteiger partial charge on any atom is 0.158 e. The highest BCUT2D eigenvalue weighted by atomic mass is 16.7. The summed E-state index contributed by atoms with van der Waals surface area (Å²) >= 11 is 0. The predicted molar refractivity (Wildman–Crippen MR) is 50.3 cm³/mol. The molecule has 3 unspecified atom stereocenters. The number of allylic oxidation sites excluding steroid dienone is 1. The highest BCUT2D eigenvalue weighted by Gasteiger charge is 2.26. The minimum Gasteiger partial charge on any atom is -0.394 e. The van der Waals surface area contributed by atoms with E-state index in [1.54, 1.807) is 0 Å². The van der Waals surface area contributed by atoms with Crippen LogP contribution in [0.4, 0.5) is 0 Å². The molecule has 0 aromatic heterocycles. The van der Waals surface area contributed by atoms with Crippen molar-refractivity contribution >= 4 is 0 Å². The number of ether oxygens (including phenoxy) is 2. The van der Waals surface area contributed by atoms with Gasteiger partial charge in [-0.15, -0.1) is 6.58 Å². The second kappa shape index (κ2) is 5.37. The molecule has 0 amide bonds. The summed E-state index contributed by atoms with van der Waals surface area (Å²) in [5.74, 6) is 0.528. The SMILES string of the molecule is C=CCC(C)CC1OCC(CO)O1. The Labute approximate surface area is 79.3 Å². The van der Waals surface area contributed by atoms with E-state index in [2.05, 4.69) is 13.5 Å². The molecule has 1 aliphatic heterocycles. The fourth-order valence-electron chi connectivity index (χ4n) is 1.44. The minimum atomic E-state index is -0.132. The van der Waals surface area contributed by atoms with Crippen LogP contribution in [0.25, 0.3) is 0 Å². The van der Waals surface area contributed by atoms with Gasteiger partial charge in [0.25, 0.3) is 0 Å². The van der Waals surface area contributed by atoms with Crippen LogP contribution in [-0.2, 0) is 9.47 Å². The van der Waals surface area contributed by atoms with E-state index in [9.17, 15) is 0 Å². The van der Waals surface area contributed by atoms with Gasteiger partial charge in [-0.25, -0.2) is 0 Å². The van der Waals surface area contributed by atoms with Gasteiger partial charge in [-0.05, 0) is 12.3 Å². The summed E-state index contributed by atoms with van der Waals surface area (Å²) in [4.78, 5) is 0. The Morgan fingerprint density at radius 2 is 2.46 bits per heavy atom. The van der Waals surface area contributed by atoms with Crippen LogP contribution >= 0.6 is 0 Å². The van der Waals surface area contributed by atoms with Crippen molar-refractivity contribution in [2.75, 3.05) is 13.2 Å². The minimum absolute atomic E-state index is 0.0480. The highest BCUT2D eigenvalue weighted by Crippen LogP contribution is 2.20. The normalized spacial score (nSPS) is 30.3. The van der Waals surface area contributed by atoms with Crippen LogP contribution in [0.2, 0.25) is 0 Å². The number of aliphatic hydroxyl groups is 1. The van der Waals surface area contributed by atoms with Crippen molar-refractivity contribution < 1.29 is 14.6 Å². The van der Waals surface area contributed by atoms with Crippen molar-refractivity contribution in [3.05, 3.63) is 12.7 Å². The average Bonchev–Trinajstić information content (AvgIpc) is 2.52. The third-order valence-corrected chi connectivity index (χ3v) is 2.18. The van der Waals surface area contributed by atoms with E-state index >= 15 is 0 Å². The zero-order valence-electron chi connectivity index (χ0n) is 8.11. The Morgan fingerprint density at radius 3 is 3.00 bits per heavy atom. The van der Waals surface area contributed by atoms with Crippen LogP contribution in [0.1, 0.15) is 19.8 Å². The molecule has 1 rings (SSSR count). The fourth-order valence-corrected chi connectivity index (χ4v) is 1.44. The third-order valence-electron chi connectivity index (χ3n) is 2.18. The Kier molecular flexibility index (Phi) is 4.42. The molecular formula is C10H18O3. The largest absolute Gasteiger partial charge is 0.394 e. The lowest BCUT2D eigenvalue weighted by Crippen LogP contribution is -2.17. The van der Waals surface area contributed by atoms with E-state index in [1.165, 1.54) is 0 Å². The van der Waals surface area contributed by atoms with Crippen molar-refractivity contribution in [2.24, 2.45) is 5.92 Å². The Bertz CT molecular complexity index is 158. The van der Waals surface area contributed by atoms with Gasteiger partial charge in [0.2, 0.25) is 0 Å². The summed E-state index contributed by atoms with van der Waals surface area (Å²) in [6, 6.07) is 0. The van der Waals surface area contributed by atoms with Crippen molar-refractivity contribution in [3.63, 3.8) is 0 Å². The molecule has 76 valence electrons. The van der Waals surface area contributed by atoms with Gasteiger partial charge in [-0.2, -0.15) is 0 Å². The maximum absolute atomic E-state index is 8.80. The predicted octanol–water partition coefficient (Wildman–Crippen LogP) is 1.32. The smallest absolute Gasteiger partial charge is 0.158 e. The molecule has 3 nitrogen and oxygen atoms in total. The van der Waals surface area contributed by atoms with E-state index in [-0.39, 0.29) is 19.0 Å². The van der Waals surface area contributed by atoms with Crippen LogP contribution in [0.5, 0.6) is 0 Å². The van der Waals surface area contributed by atoms with Crippen LogP contribution in [0.15, 0.2) is 12.7 Å². The lowest BCUT2D eigenvalue weighted by Gasteiger charge is -2.14. The average molecular weight is 186 g/mol. The highest BCUT2D eigenvalue weighted by molar-refractivity contribution is 4.73. The topological polar surface area (TPSA) is 38.7 Å². The van der Waals surface area contributed by atoms with E-state index < -0.39 is 0 Å². The number of aliphatic hydroxyl groups excluding tert-OH is 1. The summed E-state index contributed by atoms with van der Waals surface area (Å²) in [6.45, 7) is 6.39. The molecule has 0 saturated carbocycles. The first-order valence-corrected chi connectivity index (χ1v) is 4.75. The fraction of sp³-hybridized carbons (Fsp3) is 0.800. The summed E-state index contributed by atoms with van der Waals surface area (Å²) in [5.41, 5.74) is 0. The van der Waals surface area contributed by atoms with Gasteiger partial charge in [0, 0.05) is 6.42 Å². The van der Waals surface area contributed by atoms with Crippen molar-refractivity contribution in [2.45, 2.75) is 32.2 Å². The molecule has 0 radical (unpaired) electrons. The molecule has 0 aliphatic carbocycles. The number of hydrogen-bond acceptors (Lipinski definition) is 3. The van der Waals surface area contributed by atoms with E-state index in [4.69, 9.17) is 14.6 Å². The van der Waals surface area contributed by atoms with E-state index in [0.29, 0.717) is 12.5 Å². The molecule has 0 bridgehead atoms. The Balaban J connectivity index is 2.19. The third kappa shape index (κ3) is 3.46. The zero-order valence-corrected chi connectivity index (χ0v) is 8.11. The van der Waals surface area contributed by atoms with Gasteiger partial charge < -0.3 is 14.6 Å². The molecule has 0 aromatic rings. The molecule has 1 saturated heterocycles. The van der Waals surface area contributed by atoms with Crippen molar-refractivity contribution in [1.29, 1.82) is 0 Å². The van der Waals surface area contributed by atoms with Crippen molar-refractivity contribution in [1.82, 2.24) is 0 Å². The molecule has 1 heterocycles. The second-order valence-corrected chi connectivity index (χ2v) is 3.57. The van der Waals surface area contributed by atoms with Gasteiger partial charge in [0.15, 0.2) is 6.29 Å². The molecule has 0 spiro atoms. The van der Waals surface area contributed by atoms with E-state index in [0.717, 1.165) is 12.8 Å². The molecule has 1 fully saturated rings. The van der Waals surface area contributed by atoms with Gasteiger partial charge in [-0.1, -0.05) is 13.0 Å². The summed E-state index contributed by atoms with van der Waals surface area (Å²) < 4.78 is 10.8. The molecular weight excluding hydrogens is 168 g/mol. The van der Waals surface area contributed by atoms with Gasteiger partial charge in [0.05, 0.1) is 13.2 Å². The van der Waals surface area contributed by atoms with Crippen LogP contribution in [0, 0.1) is 5.92 Å². The van der Waals surface area contributed by atoms with Gasteiger partial charge in [0.1, 0.15) is 6.10 Å². The lowest BCUT2D eigenvalue weighted by molar-refractivity contribution is -0.0764. The van der Waals surface area contributed by atoms with Crippen LogP contribution in [-0.4, -0.2) is 30.7 Å². The molecule has 0 aromatic carbocycles. The summed E-state index contributed by atoms with van der Waals surface area (Å²) in [7, 11) is 0. The number of rotatable bonds is 5. The van der Waals surface area contributed by atoms with Crippen molar-refractivity contribution in [3.8, 4) is 0 Å². The van der Waals surface area contributed by atoms with Crippen LogP contribution in [0.3, 0.4) is 0 Å². The van der Waals surface area contributed by atoms with Crippen LogP contribution < -0.4 is 0 Å². The molecule has 1 aliphatic rings. The van der Waals surface area contributed by atoms with E-state index in [1.807, 2.05) is 6.08 Å². The number of hydrogen-bond donors (Lipinski definition) is 1. The van der Waals surface area contributed by atoms with Gasteiger partial charge >= 0.3 is 0 Å². The zero-order chi connectivity index (χ0) is 9.68. The maximum atomic E-state index is 8.80. The molecule has 3 atom stereocenters.